The van der Waals surface area contributed by atoms with E-state index < -0.39 is 0 Å². The minimum atomic E-state index is -0.116. The number of pyridine rings is 1. The van der Waals surface area contributed by atoms with Gasteiger partial charge >= 0.3 is 0 Å². The molecule has 0 aliphatic heterocycles. The van der Waals surface area contributed by atoms with Crippen LogP contribution in [0.3, 0.4) is 0 Å². The Morgan fingerprint density at radius 2 is 2.14 bits per heavy atom. The van der Waals surface area contributed by atoms with Crippen LogP contribution in [0.5, 0.6) is 0 Å². The summed E-state index contributed by atoms with van der Waals surface area (Å²) in [6.07, 6.45) is 2.64. The third-order valence-corrected chi connectivity index (χ3v) is 3.43. The number of hydrogen-bond acceptors (Lipinski definition) is 4. The normalized spacial score (nSPS) is 10.2. The second-order valence-corrected chi connectivity index (χ2v) is 4.82. The molecule has 5 nitrogen and oxygen atoms in total. The van der Waals surface area contributed by atoms with Gasteiger partial charge in [-0.1, -0.05) is 13.0 Å². The fraction of sp³-hybridized carbons (Fsp3) is 0.250. The Morgan fingerprint density at radius 1 is 1.33 bits per heavy atom. The lowest BCUT2D eigenvalue weighted by Crippen LogP contribution is -2.24. The number of rotatable bonds is 5. The molecule has 2 aromatic rings. The van der Waals surface area contributed by atoms with Gasteiger partial charge in [-0.05, 0) is 48.7 Å². The van der Waals surface area contributed by atoms with Gasteiger partial charge in [0.05, 0.1) is 17.9 Å². The number of aryl methyl sites for hydroxylation is 2. The van der Waals surface area contributed by atoms with Crippen LogP contribution in [-0.4, -0.2) is 10.9 Å². The van der Waals surface area contributed by atoms with Gasteiger partial charge in [-0.15, -0.1) is 0 Å². The molecule has 5 heteroatoms. The summed E-state index contributed by atoms with van der Waals surface area (Å²) in [6, 6.07) is 9.29. The molecule has 1 amide bonds. The second kappa shape index (κ2) is 6.85. The van der Waals surface area contributed by atoms with E-state index in [-0.39, 0.29) is 5.91 Å². The van der Waals surface area contributed by atoms with E-state index in [2.05, 4.69) is 22.7 Å². The number of anilines is 1. The van der Waals surface area contributed by atoms with E-state index in [0.29, 0.717) is 12.1 Å². The van der Waals surface area contributed by atoms with Gasteiger partial charge in [-0.3, -0.25) is 15.6 Å². The highest BCUT2D eigenvalue weighted by molar-refractivity contribution is 5.94. The molecule has 0 saturated carbocycles. The van der Waals surface area contributed by atoms with Crippen molar-refractivity contribution in [1.29, 1.82) is 0 Å². The molecule has 2 rings (SSSR count). The lowest BCUT2D eigenvalue weighted by Gasteiger charge is -2.10. The molecule has 0 unspecified atom stereocenters. The molecule has 0 radical (unpaired) electrons. The first kappa shape index (κ1) is 15.0. The summed E-state index contributed by atoms with van der Waals surface area (Å²) >= 11 is 0. The van der Waals surface area contributed by atoms with Gasteiger partial charge in [0.15, 0.2) is 0 Å². The summed E-state index contributed by atoms with van der Waals surface area (Å²) in [5, 5.41) is 2.90. The summed E-state index contributed by atoms with van der Waals surface area (Å²) < 4.78 is 0. The summed E-state index contributed by atoms with van der Waals surface area (Å²) in [6.45, 7) is 4.41. The van der Waals surface area contributed by atoms with Gasteiger partial charge in [-0.25, -0.2) is 0 Å². The van der Waals surface area contributed by atoms with Crippen LogP contribution in [0.15, 0.2) is 36.5 Å². The van der Waals surface area contributed by atoms with Crippen LogP contribution in [0.2, 0.25) is 0 Å². The van der Waals surface area contributed by atoms with Crippen LogP contribution in [0.4, 0.5) is 5.69 Å². The number of aromatic nitrogens is 1. The van der Waals surface area contributed by atoms with E-state index in [0.717, 1.165) is 28.9 Å². The fourth-order valence-corrected chi connectivity index (χ4v) is 2.19. The molecular formula is C16H20N4O. The summed E-state index contributed by atoms with van der Waals surface area (Å²) in [4.78, 5) is 16.5. The van der Waals surface area contributed by atoms with Crippen LogP contribution in [0, 0.1) is 6.92 Å². The molecular weight excluding hydrogens is 264 g/mol. The summed E-state index contributed by atoms with van der Waals surface area (Å²) in [7, 11) is 0. The van der Waals surface area contributed by atoms with Crippen LogP contribution in [0.1, 0.15) is 34.1 Å². The molecule has 0 saturated heterocycles. The van der Waals surface area contributed by atoms with E-state index in [1.54, 1.807) is 18.3 Å². The predicted molar refractivity (Wildman–Crippen MR) is 83.8 cm³/mol. The smallest absolute Gasteiger partial charge is 0.251 e. The molecule has 0 fully saturated rings. The van der Waals surface area contributed by atoms with Crippen LogP contribution >= 0.6 is 0 Å². The van der Waals surface area contributed by atoms with Crippen molar-refractivity contribution in [3.05, 3.63) is 58.9 Å². The Bertz CT molecular complexity index is 640. The standard InChI is InChI=1S/C16H20N4O/c1-3-12-5-4-8-18-15(12)10-19-16(21)13-6-7-14(20-17)11(2)9-13/h4-9,20H,3,10,17H2,1-2H3,(H,19,21). The molecule has 21 heavy (non-hydrogen) atoms. The van der Waals surface area contributed by atoms with Crippen molar-refractivity contribution in [1.82, 2.24) is 10.3 Å². The first-order chi connectivity index (χ1) is 10.2. The quantitative estimate of drug-likeness (QED) is 0.580. The average Bonchev–Trinajstić information content (AvgIpc) is 2.52. The number of hydrazine groups is 1. The highest BCUT2D eigenvalue weighted by Crippen LogP contribution is 2.15. The van der Waals surface area contributed by atoms with Crippen molar-refractivity contribution >= 4 is 11.6 Å². The number of benzene rings is 1. The molecule has 4 N–H and O–H groups in total. The Hall–Kier alpha value is -2.40. The van der Waals surface area contributed by atoms with Crippen molar-refractivity contribution in [2.75, 3.05) is 5.43 Å². The van der Waals surface area contributed by atoms with Crippen LogP contribution < -0.4 is 16.6 Å². The van der Waals surface area contributed by atoms with Gasteiger partial charge in [0, 0.05) is 11.8 Å². The van der Waals surface area contributed by atoms with Crippen LogP contribution in [0.25, 0.3) is 0 Å². The molecule has 0 aliphatic carbocycles. The van der Waals surface area contributed by atoms with Crippen molar-refractivity contribution in [3.63, 3.8) is 0 Å². The van der Waals surface area contributed by atoms with Gasteiger partial charge in [0.2, 0.25) is 0 Å². The first-order valence-electron chi connectivity index (χ1n) is 6.94. The molecule has 0 spiro atoms. The van der Waals surface area contributed by atoms with Crippen molar-refractivity contribution < 1.29 is 4.79 Å². The zero-order valence-electron chi connectivity index (χ0n) is 12.3. The fourth-order valence-electron chi connectivity index (χ4n) is 2.19. The molecule has 0 aliphatic rings. The largest absolute Gasteiger partial charge is 0.346 e. The Kier molecular flexibility index (Phi) is 4.90. The molecule has 0 atom stereocenters. The topological polar surface area (TPSA) is 80.0 Å². The molecule has 110 valence electrons. The Balaban J connectivity index is 2.06. The maximum absolute atomic E-state index is 12.2. The first-order valence-corrected chi connectivity index (χ1v) is 6.94. The number of nitrogens with zero attached hydrogens (tertiary/aromatic N) is 1. The number of amides is 1. The zero-order chi connectivity index (χ0) is 15.2. The summed E-state index contributed by atoms with van der Waals surface area (Å²) in [5.41, 5.74) is 7.00. The van der Waals surface area contributed by atoms with Crippen molar-refractivity contribution in [2.24, 2.45) is 5.84 Å². The lowest BCUT2D eigenvalue weighted by atomic mass is 10.1. The number of nitrogens with two attached hydrogens (primary N) is 1. The second-order valence-electron chi connectivity index (χ2n) is 4.82. The molecule has 1 heterocycles. The molecule has 1 aromatic carbocycles. The van der Waals surface area contributed by atoms with E-state index in [9.17, 15) is 4.79 Å². The van der Waals surface area contributed by atoms with Gasteiger partial charge in [0.25, 0.3) is 5.91 Å². The van der Waals surface area contributed by atoms with Gasteiger partial charge in [0.1, 0.15) is 0 Å². The number of carbonyl (C=O) groups excluding carboxylic acids is 1. The lowest BCUT2D eigenvalue weighted by molar-refractivity contribution is 0.0950. The third kappa shape index (κ3) is 3.58. The summed E-state index contributed by atoms with van der Waals surface area (Å²) in [5.74, 6) is 5.27. The minimum Gasteiger partial charge on any atom is -0.346 e. The number of nitrogens with one attached hydrogen (secondary N) is 2. The third-order valence-electron chi connectivity index (χ3n) is 3.43. The maximum Gasteiger partial charge on any atom is 0.251 e. The average molecular weight is 284 g/mol. The Morgan fingerprint density at radius 3 is 2.81 bits per heavy atom. The highest BCUT2D eigenvalue weighted by atomic mass is 16.1. The molecule has 0 bridgehead atoms. The van der Waals surface area contributed by atoms with Crippen LogP contribution in [-0.2, 0) is 13.0 Å². The zero-order valence-corrected chi connectivity index (χ0v) is 12.3. The van der Waals surface area contributed by atoms with Crippen molar-refractivity contribution in [3.8, 4) is 0 Å². The van der Waals surface area contributed by atoms with Crippen molar-refractivity contribution in [2.45, 2.75) is 26.8 Å². The monoisotopic (exact) mass is 284 g/mol. The van der Waals surface area contributed by atoms with E-state index in [4.69, 9.17) is 5.84 Å². The van der Waals surface area contributed by atoms with Gasteiger partial charge < -0.3 is 10.7 Å². The number of carbonyl (C=O) groups is 1. The SMILES string of the molecule is CCc1cccnc1CNC(=O)c1ccc(NN)c(C)c1. The number of hydrogen-bond donors (Lipinski definition) is 3. The maximum atomic E-state index is 12.2. The predicted octanol–water partition coefficient (Wildman–Crippen LogP) is 2.17. The minimum absolute atomic E-state index is 0.116. The van der Waals surface area contributed by atoms with E-state index >= 15 is 0 Å². The van der Waals surface area contributed by atoms with E-state index in [1.807, 2.05) is 25.1 Å². The van der Waals surface area contributed by atoms with E-state index in [1.165, 1.54) is 0 Å². The number of nitrogen functional groups attached to an aromatic ring is 1. The molecule has 1 aromatic heterocycles. The van der Waals surface area contributed by atoms with Gasteiger partial charge in [-0.2, -0.15) is 0 Å². The Labute approximate surface area is 124 Å². The highest BCUT2D eigenvalue weighted by Gasteiger charge is 2.09.